The van der Waals surface area contributed by atoms with Crippen LogP contribution in [0.4, 0.5) is 46.2 Å². The second kappa shape index (κ2) is 42.9. The number of nitrogens with one attached hydrogen (secondary N) is 6. The van der Waals surface area contributed by atoms with E-state index in [1.54, 1.807) is 31.0 Å². The number of fused-ring (bicyclic) bond motifs is 5. The first-order valence-electron chi connectivity index (χ1n) is 43.4. The number of allylic oxidation sites excluding steroid dienone is 2. The van der Waals surface area contributed by atoms with Crippen molar-refractivity contribution in [3.63, 3.8) is 0 Å². The molecule has 2 aliphatic heterocycles. The van der Waals surface area contributed by atoms with E-state index in [4.69, 9.17) is 19.7 Å². The van der Waals surface area contributed by atoms with Crippen LogP contribution >= 0.6 is 0 Å². The summed E-state index contributed by atoms with van der Waals surface area (Å²) in [7, 11) is 0. The molecule has 15 aromatic rings. The van der Waals surface area contributed by atoms with Gasteiger partial charge in [-0.1, -0.05) is 123 Å². The van der Waals surface area contributed by atoms with E-state index in [2.05, 4.69) is 169 Å². The Kier molecular flexibility index (Phi) is 29.6. The number of aliphatic hydroxyl groups excluding tert-OH is 2. The summed E-state index contributed by atoms with van der Waals surface area (Å²) in [4.78, 5) is 55.1. The molecule has 1 saturated heterocycles. The van der Waals surface area contributed by atoms with Crippen LogP contribution in [0.2, 0.25) is 0 Å². The van der Waals surface area contributed by atoms with Crippen LogP contribution in [0, 0.1) is 32.1 Å². The summed E-state index contributed by atoms with van der Waals surface area (Å²) in [5, 5.41) is 62.0. The molecule has 0 amide bonds. The molecular formula is C103H105N17O6. The van der Waals surface area contributed by atoms with E-state index in [0.29, 0.717) is 68.0 Å². The van der Waals surface area contributed by atoms with Crippen molar-refractivity contribution in [3.8, 4) is 50.9 Å². The van der Waals surface area contributed by atoms with Gasteiger partial charge < -0.3 is 56.7 Å². The van der Waals surface area contributed by atoms with Crippen molar-refractivity contribution >= 4 is 101 Å². The van der Waals surface area contributed by atoms with Crippen LogP contribution in [0.3, 0.4) is 0 Å². The molecule has 1 aliphatic carbocycles. The highest BCUT2D eigenvalue weighted by atomic mass is 16.6. The van der Waals surface area contributed by atoms with E-state index in [0.717, 1.165) is 193 Å². The van der Waals surface area contributed by atoms with Crippen molar-refractivity contribution in [1.29, 1.82) is 5.26 Å². The zero-order valence-corrected chi connectivity index (χ0v) is 71.6. The maximum absolute atomic E-state index is 11.8. The molecule has 6 aromatic carbocycles. The number of anilines is 8. The molecule has 3 aliphatic rings. The third kappa shape index (κ3) is 21.3. The van der Waals surface area contributed by atoms with E-state index in [1.165, 1.54) is 52.7 Å². The highest BCUT2D eigenvalue weighted by Crippen LogP contribution is 2.41. The fraction of sp³-hybridized carbons (Fsp3) is 0.252. The van der Waals surface area contributed by atoms with Crippen LogP contribution in [0.25, 0.3) is 82.6 Å². The molecule has 9 aromatic heterocycles. The molecule has 0 spiro atoms. The number of ether oxygens (including phenoxy) is 2. The smallest absolute Gasteiger partial charge is 0.320 e. The Balaban J connectivity index is 0.000000130. The minimum Gasteiger partial charge on any atom is -0.486 e. The summed E-state index contributed by atoms with van der Waals surface area (Å²) in [5.41, 5.74) is 23.6. The SMILES string of the molecule is CCCNCc1cnc2c(Nc3cccc(-c4ccccc4)c3C#N)nccc2c1.Cc1c(-c2ccc3c(c2)OCCO3)ccnc1Nc1nccc2c(CCCCO)ccnc12.Cc1c(Nc2nccc3c(CN4CCCCC4C(=O)O)ccnc23)cccc1-c1ccccc1.Cc1c(Nc2nccc3cc(CNCCO)cnc23)cccc1C1=CCCCC1. The number of nitrogens with zero attached hydrogens (tertiary/aromatic N) is 11. The number of nitriles is 1. The molecule has 1 atom stereocenters. The van der Waals surface area contributed by atoms with Gasteiger partial charge in [0.2, 0.25) is 0 Å². The fourth-order valence-electron chi connectivity index (χ4n) is 16.4. The topological polar surface area (TPSA) is 311 Å². The summed E-state index contributed by atoms with van der Waals surface area (Å²) in [5.74, 6) is 4.31. The number of hydrogen-bond donors (Lipinski definition) is 9. The van der Waals surface area contributed by atoms with Gasteiger partial charge in [-0.3, -0.25) is 29.6 Å². The number of aliphatic carboxylic acids is 1. The Morgan fingerprint density at radius 1 is 0.484 bits per heavy atom. The summed E-state index contributed by atoms with van der Waals surface area (Å²) in [6.07, 6.45) is 30.0. The minimum atomic E-state index is -0.740. The second-order valence-electron chi connectivity index (χ2n) is 31.5. The number of unbranched alkanes of at least 4 members (excludes halogenated alkanes) is 1. The number of likely N-dealkylation sites (tertiary alicyclic amines) is 1. The summed E-state index contributed by atoms with van der Waals surface area (Å²) < 4.78 is 11.4. The Labute approximate surface area is 734 Å². The molecule has 11 heterocycles. The van der Waals surface area contributed by atoms with Crippen LogP contribution in [0.5, 0.6) is 11.5 Å². The fourth-order valence-corrected chi connectivity index (χ4v) is 16.4. The summed E-state index contributed by atoms with van der Waals surface area (Å²) in [6.45, 7) is 14.4. The lowest BCUT2D eigenvalue weighted by atomic mass is 9.90. The van der Waals surface area contributed by atoms with Gasteiger partial charge in [0.05, 0.1) is 17.9 Å². The van der Waals surface area contributed by atoms with Gasteiger partial charge in [0.25, 0.3) is 0 Å². The van der Waals surface area contributed by atoms with Gasteiger partial charge in [0, 0.05) is 127 Å². The third-order valence-corrected chi connectivity index (χ3v) is 23.0. The predicted octanol–water partition coefficient (Wildman–Crippen LogP) is 20.8. The average molecular weight is 1680 g/mol. The molecule has 9 N–H and O–H groups in total. The van der Waals surface area contributed by atoms with Crippen molar-refractivity contribution < 1.29 is 29.6 Å². The van der Waals surface area contributed by atoms with Gasteiger partial charge in [-0.25, -0.2) is 24.9 Å². The van der Waals surface area contributed by atoms with E-state index >= 15 is 0 Å². The van der Waals surface area contributed by atoms with Gasteiger partial charge in [-0.15, -0.1) is 0 Å². The molecule has 0 saturated carbocycles. The first-order valence-corrected chi connectivity index (χ1v) is 43.4. The summed E-state index contributed by atoms with van der Waals surface area (Å²) in [6, 6.07) is 64.8. The van der Waals surface area contributed by atoms with Crippen LogP contribution in [0.1, 0.15) is 121 Å². The van der Waals surface area contributed by atoms with Crippen molar-refractivity contribution in [3.05, 3.63) is 300 Å². The maximum atomic E-state index is 11.8. The number of aliphatic hydroxyl groups is 2. The van der Waals surface area contributed by atoms with Gasteiger partial charge >= 0.3 is 5.97 Å². The number of aryl methyl sites for hydroxylation is 1. The zero-order chi connectivity index (χ0) is 86.9. The van der Waals surface area contributed by atoms with Crippen molar-refractivity contribution in [2.45, 2.75) is 124 Å². The molecule has 1 fully saturated rings. The molecule has 126 heavy (non-hydrogen) atoms. The van der Waals surface area contributed by atoms with Crippen molar-refractivity contribution in [2.75, 3.05) is 67.3 Å². The van der Waals surface area contributed by atoms with Gasteiger partial charge in [0.15, 0.2) is 34.8 Å². The average Bonchev–Trinajstić information content (AvgIpc) is 0.793. The lowest BCUT2D eigenvalue weighted by Crippen LogP contribution is -2.44. The molecule has 18 rings (SSSR count). The molecule has 0 radical (unpaired) electrons. The van der Waals surface area contributed by atoms with Crippen molar-refractivity contribution in [2.24, 2.45) is 0 Å². The van der Waals surface area contributed by atoms with Gasteiger partial charge in [-0.2, -0.15) is 5.26 Å². The number of piperidine rings is 1. The first kappa shape index (κ1) is 86.9. The first-order chi connectivity index (χ1) is 61.9. The van der Waals surface area contributed by atoms with Gasteiger partial charge in [-0.05, 0) is 261 Å². The van der Waals surface area contributed by atoms with E-state index in [9.17, 15) is 15.2 Å². The number of rotatable bonds is 27. The minimum absolute atomic E-state index is 0.133. The lowest BCUT2D eigenvalue weighted by molar-refractivity contribution is -0.144. The monoisotopic (exact) mass is 1680 g/mol. The van der Waals surface area contributed by atoms with Crippen LogP contribution in [-0.2, 0) is 30.8 Å². The molecule has 23 heteroatoms. The van der Waals surface area contributed by atoms with Gasteiger partial charge in [0.1, 0.15) is 53.2 Å². The Hall–Kier alpha value is -14.0. The van der Waals surface area contributed by atoms with Crippen LogP contribution in [-0.4, -0.2) is 123 Å². The van der Waals surface area contributed by atoms with Crippen LogP contribution in [0.15, 0.2) is 250 Å². The normalized spacial score (nSPS) is 13.5. The molecule has 1 unspecified atom stereocenters. The summed E-state index contributed by atoms with van der Waals surface area (Å²) >= 11 is 0. The Bertz CT molecular complexity index is 6370. The van der Waals surface area contributed by atoms with E-state index in [1.807, 2.05) is 165 Å². The largest absolute Gasteiger partial charge is 0.486 e. The number of hydrogen-bond acceptors (Lipinski definition) is 22. The van der Waals surface area contributed by atoms with E-state index in [-0.39, 0.29) is 13.2 Å². The lowest BCUT2D eigenvalue weighted by Gasteiger charge is -2.33. The van der Waals surface area contributed by atoms with E-state index < -0.39 is 12.0 Å². The quantitative estimate of drug-likeness (QED) is 0.0216. The van der Waals surface area contributed by atoms with Crippen molar-refractivity contribution in [1.82, 2.24) is 60.4 Å². The number of pyridine rings is 9. The molecular weight excluding hydrogens is 1570 g/mol. The highest BCUT2D eigenvalue weighted by molar-refractivity contribution is 5.96. The molecule has 0 bridgehead atoms. The molecule has 23 nitrogen and oxygen atoms in total. The third-order valence-electron chi connectivity index (χ3n) is 23.0. The Morgan fingerprint density at radius 2 is 1.03 bits per heavy atom. The molecule has 638 valence electrons. The number of carboxylic acid groups (broad SMARTS) is 1. The zero-order valence-electron chi connectivity index (χ0n) is 71.6. The van der Waals surface area contributed by atoms with Crippen LogP contribution < -0.4 is 41.4 Å². The number of benzene rings is 6. The number of carbonyl (C=O) groups is 1. The maximum Gasteiger partial charge on any atom is 0.320 e. The second-order valence-corrected chi connectivity index (χ2v) is 31.5. The highest BCUT2D eigenvalue weighted by Gasteiger charge is 2.29. The number of carboxylic acids is 1. The Morgan fingerprint density at radius 3 is 1.66 bits per heavy atom. The number of aromatic nitrogens is 9. The standard InChI is InChI=1S/C28H28N4O2.C26H26N4O3.C25H23N5.C24H28N4O/c1-19-22(20-8-3-2-4-9-20)10-7-11-24(19)31-27-26-23(14-16-30-27)21(13-15-29-26)18-32-17-6-5-12-25(32)28(33)34;1-17-20(19-5-6-22-23(16-19)33-15-14-32-22)8-11-28-25(17)30-26-24-21(9-12-29-26)18(7-10-27-24)4-2-3-13-31;1-2-12-27-16-18-14-20-11-13-28-25(24(20)29-17-18)30-23-10-6-9-21(22(23)15-26)19-7-4-3-5-8-19;1-17-21(19-6-3-2-4-7-19)8-5-9-22(17)28-24-23-20(10-11-26-24)14-18(16-27-23)15-25-12-13-29/h2-4,7-11,13-16,25H,5-6,12,17-18H2,1H3,(H,30,31)(H,33,34);5-12,16,31H,2-4,13-15H2,1H3,(H,28,29,30);3-11,13-14,17,27H,2,12,16H2,1H3,(H,28,30);5-6,8-11,14,16,25,29H,2-4,7,12-13,15H2,1H3,(H,26,28). The predicted molar refractivity (Wildman–Crippen MR) is 504 cm³/mol.